The molecule has 6 nitrogen and oxygen atoms in total. The van der Waals surface area contributed by atoms with Crippen LogP contribution in [0.15, 0.2) is 58.5 Å². The van der Waals surface area contributed by atoms with Gasteiger partial charge in [0.05, 0.1) is 30.9 Å². The van der Waals surface area contributed by atoms with Crippen LogP contribution in [-0.4, -0.2) is 46.8 Å². The lowest BCUT2D eigenvalue weighted by atomic mass is 10.1. The average Bonchev–Trinajstić information content (AvgIpc) is 2.74. The van der Waals surface area contributed by atoms with E-state index in [2.05, 4.69) is 4.98 Å². The number of morpholine rings is 1. The quantitative estimate of drug-likeness (QED) is 0.668. The molecular formula is C20H19FN2O4S. The first-order chi connectivity index (χ1) is 13.5. The molecule has 3 aromatic rings. The fourth-order valence-corrected chi connectivity index (χ4v) is 4.78. The third kappa shape index (κ3) is 3.18. The van der Waals surface area contributed by atoms with Gasteiger partial charge in [-0.15, -0.1) is 0 Å². The highest BCUT2D eigenvalue weighted by Crippen LogP contribution is 2.37. The zero-order chi connectivity index (χ0) is 19.7. The van der Waals surface area contributed by atoms with Crippen LogP contribution in [0, 0.1) is 5.82 Å². The van der Waals surface area contributed by atoms with Crippen LogP contribution >= 0.6 is 0 Å². The van der Waals surface area contributed by atoms with Crippen molar-refractivity contribution in [2.75, 3.05) is 38.3 Å². The molecule has 2 heterocycles. The molecule has 0 radical (unpaired) electrons. The number of fused-ring (bicyclic) bond motifs is 1. The van der Waals surface area contributed by atoms with Gasteiger partial charge in [-0.3, -0.25) is 4.98 Å². The van der Waals surface area contributed by atoms with E-state index in [4.69, 9.17) is 9.47 Å². The van der Waals surface area contributed by atoms with Crippen molar-refractivity contribution in [1.82, 2.24) is 4.98 Å². The van der Waals surface area contributed by atoms with E-state index < -0.39 is 15.7 Å². The number of methoxy groups -OCH3 is 1. The molecule has 1 fully saturated rings. The van der Waals surface area contributed by atoms with Crippen LogP contribution in [0.1, 0.15) is 0 Å². The lowest BCUT2D eigenvalue weighted by Gasteiger charge is -2.31. The molecule has 146 valence electrons. The Balaban J connectivity index is 1.94. The van der Waals surface area contributed by atoms with Crippen LogP contribution in [0.25, 0.3) is 10.9 Å². The Kier molecular flexibility index (Phi) is 4.91. The van der Waals surface area contributed by atoms with E-state index in [1.54, 1.807) is 24.3 Å². The maximum Gasteiger partial charge on any atom is 0.210 e. The zero-order valence-corrected chi connectivity index (χ0v) is 16.1. The number of hydrogen-bond acceptors (Lipinski definition) is 6. The second kappa shape index (κ2) is 7.37. The predicted molar refractivity (Wildman–Crippen MR) is 103 cm³/mol. The summed E-state index contributed by atoms with van der Waals surface area (Å²) in [6.07, 6.45) is 1.25. The molecule has 0 aliphatic carbocycles. The molecule has 2 aromatic carbocycles. The third-order valence-electron chi connectivity index (χ3n) is 4.77. The first-order valence-electron chi connectivity index (χ1n) is 8.81. The second-order valence-corrected chi connectivity index (χ2v) is 8.30. The monoisotopic (exact) mass is 402 g/mol. The first-order valence-corrected chi connectivity index (χ1v) is 10.3. The highest BCUT2D eigenvalue weighted by atomic mass is 32.2. The number of para-hydroxylation sites is 1. The van der Waals surface area contributed by atoms with Gasteiger partial charge in [-0.1, -0.05) is 12.1 Å². The number of aromatic nitrogens is 1. The largest absolute Gasteiger partial charge is 0.497 e. The lowest BCUT2D eigenvalue weighted by molar-refractivity contribution is 0.122. The highest BCUT2D eigenvalue weighted by Gasteiger charge is 2.28. The van der Waals surface area contributed by atoms with Gasteiger partial charge in [0.15, 0.2) is 0 Å². The molecule has 1 aliphatic rings. The number of pyridine rings is 1. The number of rotatable bonds is 4. The van der Waals surface area contributed by atoms with Crippen LogP contribution in [0.4, 0.5) is 10.1 Å². The Labute approximate surface area is 162 Å². The highest BCUT2D eigenvalue weighted by molar-refractivity contribution is 7.91. The van der Waals surface area contributed by atoms with Gasteiger partial charge in [0.1, 0.15) is 22.0 Å². The van der Waals surface area contributed by atoms with E-state index in [9.17, 15) is 12.8 Å². The Morgan fingerprint density at radius 1 is 1.11 bits per heavy atom. The normalized spacial score (nSPS) is 15.0. The number of hydrogen-bond donors (Lipinski definition) is 0. The third-order valence-corrected chi connectivity index (χ3v) is 6.54. The molecule has 1 saturated heterocycles. The van der Waals surface area contributed by atoms with Crippen LogP contribution in [0.2, 0.25) is 0 Å². The minimum absolute atomic E-state index is 0.0534. The number of ether oxygens (including phenoxy) is 2. The van der Waals surface area contributed by atoms with Gasteiger partial charge in [0.25, 0.3) is 0 Å². The molecule has 1 aromatic heterocycles. The molecule has 0 saturated carbocycles. The Hall–Kier alpha value is -2.71. The van der Waals surface area contributed by atoms with E-state index >= 15 is 0 Å². The van der Waals surface area contributed by atoms with E-state index in [0.717, 1.165) is 0 Å². The van der Waals surface area contributed by atoms with Crippen LogP contribution in [-0.2, 0) is 14.6 Å². The first kappa shape index (κ1) is 18.6. The van der Waals surface area contributed by atoms with Crippen LogP contribution < -0.4 is 9.64 Å². The number of benzene rings is 2. The summed E-state index contributed by atoms with van der Waals surface area (Å²) in [6, 6.07) is 10.7. The minimum Gasteiger partial charge on any atom is -0.497 e. The van der Waals surface area contributed by atoms with Crippen molar-refractivity contribution in [3.63, 3.8) is 0 Å². The topological polar surface area (TPSA) is 68.7 Å². The summed E-state index contributed by atoms with van der Waals surface area (Å²) in [7, 11) is -2.36. The molecule has 1 aliphatic heterocycles. The molecule has 4 rings (SSSR count). The zero-order valence-electron chi connectivity index (χ0n) is 15.3. The molecule has 0 atom stereocenters. The number of sulfone groups is 1. The van der Waals surface area contributed by atoms with Crippen molar-refractivity contribution in [3.05, 3.63) is 54.5 Å². The lowest BCUT2D eigenvalue weighted by Crippen LogP contribution is -2.37. The van der Waals surface area contributed by atoms with Gasteiger partial charge >= 0.3 is 0 Å². The Bertz CT molecular complexity index is 1110. The van der Waals surface area contributed by atoms with Crippen molar-refractivity contribution in [2.24, 2.45) is 0 Å². The molecule has 28 heavy (non-hydrogen) atoms. The number of nitrogens with zero attached hydrogens (tertiary/aromatic N) is 2. The summed E-state index contributed by atoms with van der Waals surface area (Å²) in [6.45, 7) is 1.98. The smallest absolute Gasteiger partial charge is 0.210 e. The standard InChI is InChI=1S/C20H19FN2O4S/c1-26-14-5-7-15(8-6-14)28(24,25)18-13-22-19-16(3-2-4-17(19)21)20(18)23-9-11-27-12-10-23/h2-8,13H,9-12H2,1H3. The Morgan fingerprint density at radius 3 is 2.50 bits per heavy atom. The van der Waals surface area contributed by atoms with Crippen molar-refractivity contribution >= 4 is 26.4 Å². The van der Waals surface area contributed by atoms with E-state index in [1.165, 1.54) is 31.5 Å². The fourth-order valence-electron chi connectivity index (χ4n) is 3.35. The van der Waals surface area contributed by atoms with Gasteiger partial charge in [-0.2, -0.15) is 0 Å². The minimum atomic E-state index is -3.87. The van der Waals surface area contributed by atoms with Gasteiger partial charge in [0, 0.05) is 24.7 Å². The number of anilines is 1. The molecule has 0 amide bonds. The summed E-state index contributed by atoms with van der Waals surface area (Å²) >= 11 is 0. The summed E-state index contributed by atoms with van der Waals surface area (Å²) in [5.41, 5.74) is 0.612. The SMILES string of the molecule is COc1ccc(S(=O)(=O)c2cnc3c(F)cccc3c2N2CCOCC2)cc1. The molecular weight excluding hydrogens is 383 g/mol. The van der Waals surface area contributed by atoms with Crippen molar-refractivity contribution in [1.29, 1.82) is 0 Å². The van der Waals surface area contributed by atoms with Crippen LogP contribution in [0.3, 0.4) is 0 Å². The average molecular weight is 402 g/mol. The summed E-state index contributed by atoms with van der Waals surface area (Å²) in [5.74, 6) is 0.0754. The van der Waals surface area contributed by atoms with Crippen molar-refractivity contribution < 1.29 is 22.3 Å². The maximum atomic E-state index is 14.3. The maximum absolute atomic E-state index is 14.3. The fraction of sp³-hybridized carbons (Fsp3) is 0.250. The molecule has 0 unspecified atom stereocenters. The van der Waals surface area contributed by atoms with Gasteiger partial charge in [0.2, 0.25) is 9.84 Å². The molecule has 0 bridgehead atoms. The molecule has 0 spiro atoms. The van der Waals surface area contributed by atoms with Crippen molar-refractivity contribution in [2.45, 2.75) is 9.79 Å². The molecule has 0 N–H and O–H groups in total. The second-order valence-electron chi connectivity index (χ2n) is 6.39. The van der Waals surface area contributed by atoms with E-state index in [1.807, 2.05) is 4.90 Å². The predicted octanol–water partition coefficient (Wildman–Crippen LogP) is 3.05. The van der Waals surface area contributed by atoms with Gasteiger partial charge in [-0.25, -0.2) is 12.8 Å². The van der Waals surface area contributed by atoms with E-state index in [0.29, 0.717) is 43.1 Å². The summed E-state index contributed by atoms with van der Waals surface area (Å²) in [4.78, 5) is 6.22. The van der Waals surface area contributed by atoms with Crippen LogP contribution in [0.5, 0.6) is 5.75 Å². The molecule has 8 heteroatoms. The summed E-state index contributed by atoms with van der Waals surface area (Å²) in [5, 5.41) is 0.469. The van der Waals surface area contributed by atoms with Gasteiger partial charge < -0.3 is 14.4 Å². The number of halogens is 1. The van der Waals surface area contributed by atoms with Gasteiger partial charge in [-0.05, 0) is 30.3 Å². The van der Waals surface area contributed by atoms with E-state index in [-0.39, 0.29) is 15.3 Å². The van der Waals surface area contributed by atoms with Crippen molar-refractivity contribution in [3.8, 4) is 5.75 Å². The summed E-state index contributed by atoms with van der Waals surface area (Å²) < 4.78 is 51.6. The Morgan fingerprint density at radius 2 is 1.82 bits per heavy atom.